The molecule has 0 saturated carbocycles. The molecule has 0 aliphatic rings. The van der Waals surface area contributed by atoms with E-state index in [0.29, 0.717) is 12.2 Å². The summed E-state index contributed by atoms with van der Waals surface area (Å²) in [7, 11) is 1.31. The molecule has 0 aromatic carbocycles. The lowest BCUT2D eigenvalue weighted by Crippen LogP contribution is -2.29. The molecule has 2 N–H and O–H groups in total. The van der Waals surface area contributed by atoms with E-state index in [4.69, 9.17) is 0 Å². The third kappa shape index (κ3) is 3.54. The monoisotopic (exact) mass is 317 g/mol. The van der Waals surface area contributed by atoms with Gasteiger partial charge >= 0.3 is 12.2 Å². The normalized spacial score (nSPS) is 11.5. The zero-order chi connectivity index (χ0) is 16.3. The molecule has 0 saturated heterocycles. The lowest BCUT2D eigenvalue weighted by Gasteiger charge is -2.07. The highest BCUT2D eigenvalue weighted by atomic mass is 19.4. The Kier molecular flexibility index (Phi) is 4.33. The van der Waals surface area contributed by atoms with Gasteiger partial charge in [-0.15, -0.1) is 5.10 Å². The predicted octanol–water partition coefficient (Wildman–Crippen LogP) is 1.37. The molecular formula is C11H14F3N7O. The van der Waals surface area contributed by atoms with E-state index in [1.165, 1.54) is 13.2 Å². The number of amides is 2. The van der Waals surface area contributed by atoms with Crippen LogP contribution in [0.4, 0.5) is 23.8 Å². The Morgan fingerprint density at radius 3 is 2.73 bits per heavy atom. The van der Waals surface area contributed by atoms with Gasteiger partial charge in [0, 0.05) is 19.7 Å². The summed E-state index contributed by atoms with van der Waals surface area (Å²) in [6, 6.07) is 0.109. The Bertz CT molecular complexity index is 661. The van der Waals surface area contributed by atoms with Crippen LogP contribution in [0.1, 0.15) is 18.3 Å². The van der Waals surface area contributed by atoms with Crippen molar-refractivity contribution in [1.29, 1.82) is 0 Å². The van der Waals surface area contributed by atoms with Gasteiger partial charge in [0.05, 0.1) is 18.4 Å². The molecule has 0 fully saturated rings. The van der Waals surface area contributed by atoms with Crippen molar-refractivity contribution in [3.8, 4) is 0 Å². The second-order valence-corrected chi connectivity index (χ2v) is 4.38. The Hall–Kier alpha value is -2.59. The summed E-state index contributed by atoms with van der Waals surface area (Å²) in [6.07, 6.45) is -3.07. The molecule has 11 heteroatoms. The molecule has 0 radical (unpaired) electrons. The van der Waals surface area contributed by atoms with Gasteiger partial charge in [0.25, 0.3) is 0 Å². The number of alkyl halides is 3. The van der Waals surface area contributed by atoms with Gasteiger partial charge in [-0.3, -0.25) is 10.00 Å². The molecule has 2 rings (SSSR count). The van der Waals surface area contributed by atoms with Crippen molar-refractivity contribution < 1.29 is 18.0 Å². The summed E-state index contributed by atoms with van der Waals surface area (Å²) >= 11 is 0. The Morgan fingerprint density at radius 1 is 1.41 bits per heavy atom. The van der Waals surface area contributed by atoms with E-state index in [1.807, 2.05) is 6.92 Å². The van der Waals surface area contributed by atoms with Gasteiger partial charge in [-0.1, -0.05) is 5.21 Å². The van der Waals surface area contributed by atoms with Crippen LogP contribution in [0.5, 0.6) is 0 Å². The second kappa shape index (κ2) is 6.03. The topological polar surface area (TPSA) is 89.7 Å². The quantitative estimate of drug-likeness (QED) is 0.891. The average molecular weight is 317 g/mol. The Labute approximate surface area is 123 Å². The van der Waals surface area contributed by atoms with Gasteiger partial charge in [0.15, 0.2) is 5.69 Å². The van der Waals surface area contributed by atoms with Crippen LogP contribution in [0, 0.1) is 0 Å². The van der Waals surface area contributed by atoms with Crippen molar-refractivity contribution in [1.82, 2.24) is 30.1 Å². The van der Waals surface area contributed by atoms with Gasteiger partial charge in [0.2, 0.25) is 0 Å². The first-order chi connectivity index (χ1) is 10.3. The third-order valence-corrected chi connectivity index (χ3v) is 2.84. The van der Waals surface area contributed by atoms with Crippen molar-refractivity contribution in [3.63, 3.8) is 0 Å². The summed E-state index contributed by atoms with van der Waals surface area (Å²) in [6.45, 7) is 2.61. The zero-order valence-corrected chi connectivity index (χ0v) is 11.8. The fraction of sp³-hybridized carbons (Fsp3) is 0.455. The maximum atomic E-state index is 12.5. The molecule has 22 heavy (non-hydrogen) atoms. The van der Waals surface area contributed by atoms with Crippen molar-refractivity contribution in [2.24, 2.45) is 7.05 Å². The number of carbonyl (C=O) groups is 1. The van der Waals surface area contributed by atoms with E-state index >= 15 is 0 Å². The number of hydrogen-bond acceptors (Lipinski definition) is 4. The lowest BCUT2D eigenvalue weighted by molar-refractivity contribution is -0.141. The van der Waals surface area contributed by atoms with Gasteiger partial charge < -0.3 is 5.32 Å². The highest BCUT2D eigenvalue weighted by Gasteiger charge is 2.34. The minimum Gasteiger partial charge on any atom is -0.332 e. The molecule has 0 atom stereocenters. The molecule has 0 spiro atoms. The second-order valence-electron chi connectivity index (χ2n) is 4.38. The molecule has 0 aliphatic carbocycles. The highest BCUT2D eigenvalue weighted by molar-refractivity contribution is 5.88. The molecular weight excluding hydrogens is 303 g/mol. The zero-order valence-electron chi connectivity index (χ0n) is 11.8. The first kappa shape index (κ1) is 15.8. The summed E-state index contributed by atoms with van der Waals surface area (Å²) in [5, 5.41) is 15.6. The molecule has 2 amide bonds. The maximum Gasteiger partial charge on any atom is 0.435 e. The van der Waals surface area contributed by atoms with E-state index in [1.54, 1.807) is 4.68 Å². The van der Waals surface area contributed by atoms with Crippen LogP contribution < -0.4 is 10.6 Å². The highest BCUT2D eigenvalue weighted by Crippen LogP contribution is 2.29. The number of carbonyl (C=O) groups excluding carboxylic acids is 1. The van der Waals surface area contributed by atoms with E-state index in [9.17, 15) is 18.0 Å². The Balaban J connectivity index is 1.96. The van der Waals surface area contributed by atoms with Gasteiger partial charge in [0.1, 0.15) is 5.82 Å². The Morgan fingerprint density at radius 2 is 2.14 bits per heavy atom. The van der Waals surface area contributed by atoms with Crippen molar-refractivity contribution in [2.75, 3.05) is 5.32 Å². The van der Waals surface area contributed by atoms with E-state index in [0.717, 1.165) is 10.7 Å². The number of nitrogens with one attached hydrogen (secondary N) is 2. The predicted molar refractivity (Wildman–Crippen MR) is 69.8 cm³/mol. The lowest BCUT2D eigenvalue weighted by atomic mass is 10.4. The number of hydrogen-bond donors (Lipinski definition) is 2. The fourth-order valence-electron chi connectivity index (χ4n) is 1.74. The van der Waals surface area contributed by atoms with Crippen LogP contribution in [0.25, 0.3) is 0 Å². The summed E-state index contributed by atoms with van der Waals surface area (Å²) in [4.78, 5) is 11.7. The largest absolute Gasteiger partial charge is 0.435 e. The van der Waals surface area contributed by atoms with Crippen LogP contribution in [-0.2, 0) is 26.3 Å². The maximum absolute atomic E-state index is 12.5. The molecule has 2 heterocycles. The summed E-state index contributed by atoms with van der Waals surface area (Å²) < 4.78 is 40.1. The number of halogens is 3. The summed E-state index contributed by atoms with van der Waals surface area (Å²) in [5.74, 6) is -0.0630. The van der Waals surface area contributed by atoms with Crippen molar-refractivity contribution in [2.45, 2.75) is 26.2 Å². The molecule has 0 aliphatic heterocycles. The van der Waals surface area contributed by atoms with Crippen LogP contribution in [0.15, 0.2) is 12.3 Å². The SMILES string of the molecule is CCn1nncc1CNC(=O)Nc1cc(C(F)(F)F)nn1C. The minimum absolute atomic E-state index is 0.0630. The van der Waals surface area contributed by atoms with Crippen LogP contribution >= 0.6 is 0 Å². The van der Waals surface area contributed by atoms with Gasteiger partial charge in [-0.05, 0) is 6.92 Å². The van der Waals surface area contributed by atoms with Crippen LogP contribution in [-0.4, -0.2) is 30.8 Å². The molecule has 2 aromatic rings. The van der Waals surface area contributed by atoms with E-state index in [-0.39, 0.29) is 12.4 Å². The number of aryl methyl sites for hydroxylation is 2. The van der Waals surface area contributed by atoms with Crippen molar-refractivity contribution in [3.05, 3.63) is 23.7 Å². The molecule has 2 aromatic heterocycles. The standard InChI is InChI=1S/C11H14F3N7O/c1-3-21-7(6-16-19-21)5-15-10(22)17-9-4-8(11(12,13)14)18-20(9)2/h4,6H,3,5H2,1-2H3,(H2,15,17,22). The first-order valence-electron chi connectivity index (χ1n) is 6.34. The van der Waals surface area contributed by atoms with Gasteiger partial charge in [-0.25, -0.2) is 9.48 Å². The molecule has 0 unspecified atom stereocenters. The number of anilines is 1. The van der Waals surface area contributed by atoms with Crippen LogP contribution in [0.2, 0.25) is 0 Å². The molecule has 8 nitrogen and oxygen atoms in total. The van der Waals surface area contributed by atoms with E-state index < -0.39 is 17.9 Å². The number of rotatable bonds is 4. The smallest absolute Gasteiger partial charge is 0.332 e. The molecule has 120 valence electrons. The van der Waals surface area contributed by atoms with E-state index in [2.05, 4.69) is 26.0 Å². The van der Waals surface area contributed by atoms with Gasteiger partial charge in [-0.2, -0.15) is 18.3 Å². The average Bonchev–Trinajstić information content (AvgIpc) is 3.03. The van der Waals surface area contributed by atoms with Crippen LogP contribution in [0.3, 0.4) is 0 Å². The minimum atomic E-state index is -4.56. The first-order valence-corrected chi connectivity index (χ1v) is 6.34. The number of nitrogens with zero attached hydrogens (tertiary/aromatic N) is 5. The van der Waals surface area contributed by atoms with Crippen molar-refractivity contribution >= 4 is 11.8 Å². The summed E-state index contributed by atoms with van der Waals surface area (Å²) in [5.41, 5.74) is -0.391. The third-order valence-electron chi connectivity index (χ3n) is 2.84. The number of aromatic nitrogens is 5. The fourth-order valence-corrected chi connectivity index (χ4v) is 1.74. The molecule has 0 bridgehead atoms. The number of urea groups is 1.